The highest BCUT2D eigenvalue weighted by atomic mass is 16.6. The van der Waals surface area contributed by atoms with Crippen LogP contribution in [0.3, 0.4) is 0 Å². The Bertz CT molecular complexity index is 771. The molecule has 0 unspecified atom stereocenters. The fourth-order valence-electron chi connectivity index (χ4n) is 2.56. The van der Waals surface area contributed by atoms with Gasteiger partial charge in [-0.1, -0.05) is 24.3 Å². The molecule has 2 aromatic rings. The number of nitrogens with zero attached hydrogens (tertiary/aromatic N) is 1. The molecule has 0 amide bonds. The van der Waals surface area contributed by atoms with Gasteiger partial charge in [0.25, 0.3) is 0 Å². The summed E-state index contributed by atoms with van der Waals surface area (Å²) in [4.78, 5) is 42.7. The number of benzene rings is 1. The van der Waals surface area contributed by atoms with E-state index in [0.717, 1.165) is 5.39 Å². The summed E-state index contributed by atoms with van der Waals surface area (Å²) >= 11 is 0. The molecule has 2 rings (SSSR count). The van der Waals surface area contributed by atoms with Crippen molar-refractivity contribution in [1.82, 2.24) is 4.98 Å². The van der Waals surface area contributed by atoms with Crippen LogP contribution in [0.2, 0.25) is 0 Å². The Hall–Kier alpha value is -2.96. The topological polar surface area (TPSA) is 91.8 Å². The van der Waals surface area contributed by atoms with E-state index in [1.807, 2.05) is 12.1 Å². The van der Waals surface area contributed by atoms with E-state index in [4.69, 9.17) is 14.2 Å². The summed E-state index contributed by atoms with van der Waals surface area (Å²) in [5.41, 5.74) is -2.00. The van der Waals surface area contributed by atoms with Crippen molar-refractivity contribution in [3.8, 4) is 0 Å². The first-order chi connectivity index (χ1) is 12.5. The lowest BCUT2D eigenvalue weighted by Crippen LogP contribution is -2.54. The number of para-hydroxylation sites is 1. The molecule has 0 saturated heterocycles. The van der Waals surface area contributed by atoms with Crippen LogP contribution in [0.5, 0.6) is 0 Å². The molecule has 0 aliphatic rings. The summed E-state index contributed by atoms with van der Waals surface area (Å²) < 4.78 is 15.1. The maximum Gasteiger partial charge on any atom is 0.341 e. The Morgan fingerprint density at radius 2 is 1.31 bits per heavy atom. The zero-order valence-corrected chi connectivity index (χ0v) is 15.0. The van der Waals surface area contributed by atoms with Gasteiger partial charge in [-0.3, -0.25) is 4.98 Å². The molecule has 138 valence electrons. The van der Waals surface area contributed by atoms with E-state index >= 15 is 0 Å². The van der Waals surface area contributed by atoms with Gasteiger partial charge in [-0.25, -0.2) is 14.4 Å². The molecule has 0 aliphatic heterocycles. The van der Waals surface area contributed by atoms with Crippen molar-refractivity contribution in [2.45, 2.75) is 26.2 Å². The first-order valence-corrected chi connectivity index (χ1v) is 8.40. The van der Waals surface area contributed by atoms with Crippen LogP contribution in [0.15, 0.2) is 36.4 Å². The first kappa shape index (κ1) is 19.4. The number of esters is 3. The molecular formula is C19H21NO6. The van der Waals surface area contributed by atoms with E-state index in [-0.39, 0.29) is 25.5 Å². The molecular weight excluding hydrogens is 338 g/mol. The Labute approximate surface area is 151 Å². The van der Waals surface area contributed by atoms with Crippen LogP contribution in [0.25, 0.3) is 10.9 Å². The van der Waals surface area contributed by atoms with Gasteiger partial charge in [0.05, 0.1) is 31.0 Å². The molecule has 1 aromatic heterocycles. The van der Waals surface area contributed by atoms with Crippen LogP contribution in [-0.4, -0.2) is 42.7 Å². The molecule has 0 N–H and O–H groups in total. The van der Waals surface area contributed by atoms with Crippen molar-refractivity contribution in [3.63, 3.8) is 0 Å². The second kappa shape index (κ2) is 8.42. The summed E-state index contributed by atoms with van der Waals surface area (Å²) in [6.45, 7) is 4.67. The highest BCUT2D eigenvalue weighted by Gasteiger charge is 2.60. The van der Waals surface area contributed by atoms with E-state index in [1.54, 1.807) is 39.0 Å². The monoisotopic (exact) mass is 359 g/mol. The fourth-order valence-corrected chi connectivity index (χ4v) is 2.56. The van der Waals surface area contributed by atoms with Crippen LogP contribution >= 0.6 is 0 Å². The second-order valence-electron chi connectivity index (χ2n) is 5.30. The molecule has 1 heterocycles. The van der Waals surface area contributed by atoms with Gasteiger partial charge >= 0.3 is 23.3 Å². The smallest absolute Gasteiger partial charge is 0.341 e. The zero-order chi connectivity index (χ0) is 19.2. The minimum absolute atomic E-state index is 0.0209. The SMILES string of the molecule is CCOC(=O)C(C(=O)OCC)(C(=O)OCC)c1ccc2ccccc2n1. The molecule has 0 atom stereocenters. The van der Waals surface area contributed by atoms with Gasteiger partial charge in [-0.15, -0.1) is 0 Å². The normalized spacial score (nSPS) is 11.0. The molecule has 0 radical (unpaired) electrons. The van der Waals surface area contributed by atoms with Crippen molar-refractivity contribution in [1.29, 1.82) is 0 Å². The minimum Gasteiger partial charge on any atom is -0.464 e. The van der Waals surface area contributed by atoms with Gasteiger partial charge in [0, 0.05) is 5.39 Å². The van der Waals surface area contributed by atoms with Crippen molar-refractivity contribution in [2.24, 2.45) is 0 Å². The number of pyridine rings is 1. The third kappa shape index (κ3) is 3.37. The van der Waals surface area contributed by atoms with Gasteiger partial charge < -0.3 is 14.2 Å². The summed E-state index contributed by atoms with van der Waals surface area (Å²) in [6.07, 6.45) is 0. The Morgan fingerprint density at radius 3 is 1.81 bits per heavy atom. The second-order valence-corrected chi connectivity index (χ2v) is 5.30. The third-order valence-corrected chi connectivity index (χ3v) is 3.73. The zero-order valence-electron chi connectivity index (χ0n) is 15.0. The van der Waals surface area contributed by atoms with E-state index in [1.165, 1.54) is 6.07 Å². The van der Waals surface area contributed by atoms with Crippen LogP contribution in [-0.2, 0) is 34.0 Å². The number of ether oxygens (including phenoxy) is 3. The van der Waals surface area contributed by atoms with E-state index in [2.05, 4.69) is 4.98 Å². The first-order valence-electron chi connectivity index (χ1n) is 8.40. The van der Waals surface area contributed by atoms with Gasteiger partial charge in [-0.05, 0) is 32.9 Å². The van der Waals surface area contributed by atoms with Gasteiger partial charge in [0.2, 0.25) is 0 Å². The summed E-state index contributed by atoms with van der Waals surface area (Å²) in [7, 11) is 0. The van der Waals surface area contributed by atoms with Gasteiger partial charge in [0.15, 0.2) is 0 Å². The number of aromatic nitrogens is 1. The largest absolute Gasteiger partial charge is 0.464 e. The van der Waals surface area contributed by atoms with Crippen molar-refractivity contribution in [3.05, 3.63) is 42.1 Å². The molecule has 0 aliphatic carbocycles. The van der Waals surface area contributed by atoms with Gasteiger partial charge in [0.1, 0.15) is 0 Å². The number of hydrogen-bond donors (Lipinski definition) is 0. The molecule has 26 heavy (non-hydrogen) atoms. The quantitative estimate of drug-likeness (QED) is 0.425. The average molecular weight is 359 g/mol. The highest BCUT2D eigenvalue weighted by Crippen LogP contribution is 2.30. The molecule has 7 nitrogen and oxygen atoms in total. The lowest BCUT2D eigenvalue weighted by Gasteiger charge is -2.26. The van der Waals surface area contributed by atoms with Crippen LogP contribution in [0.1, 0.15) is 26.5 Å². The van der Waals surface area contributed by atoms with Crippen LogP contribution < -0.4 is 0 Å². The van der Waals surface area contributed by atoms with E-state index in [0.29, 0.717) is 5.52 Å². The molecule has 0 bridgehead atoms. The number of carbonyl (C=O) groups is 3. The number of hydrogen-bond acceptors (Lipinski definition) is 7. The predicted octanol–water partition coefficient (Wildman–Crippen LogP) is 2.16. The van der Waals surface area contributed by atoms with E-state index < -0.39 is 23.3 Å². The highest BCUT2D eigenvalue weighted by molar-refractivity contribution is 6.23. The molecule has 0 saturated carbocycles. The van der Waals surface area contributed by atoms with E-state index in [9.17, 15) is 14.4 Å². The van der Waals surface area contributed by atoms with Crippen LogP contribution in [0.4, 0.5) is 0 Å². The molecule has 7 heteroatoms. The predicted molar refractivity (Wildman–Crippen MR) is 93.3 cm³/mol. The van der Waals surface area contributed by atoms with Crippen molar-refractivity contribution >= 4 is 28.8 Å². The third-order valence-electron chi connectivity index (χ3n) is 3.73. The summed E-state index contributed by atoms with van der Waals surface area (Å²) in [6, 6.07) is 10.2. The Kier molecular flexibility index (Phi) is 6.27. The number of fused-ring (bicyclic) bond motifs is 1. The number of carbonyl (C=O) groups excluding carboxylic acids is 3. The van der Waals surface area contributed by atoms with Crippen molar-refractivity contribution < 1.29 is 28.6 Å². The summed E-state index contributed by atoms with van der Waals surface area (Å²) in [5, 5.41) is 0.793. The maximum absolute atomic E-state index is 12.8. The Balaban J connectivity index is 2.74. The minimum atomic E-state index is -2.42. The molecule has 0 spiro atoms. The number of rotatable bonds is 7. The standard InChI is InChI=1S/C19H21NO6/c1-4-24-16(21)19(17(22)25-5-2,18(23)26-6-3)15-12-11-13-9-7-8-10-14(13)20-15/h7-12H,4-6H2,1-3H3. The lowest BCUT2D eigenvalue weighted by atomic mass is 9.83. The fraction of sp³-hybridized carbons (Fsp3) is 0.368. The molecule has 1 aromatic carbocycles. The Morgan fingerprint density at radius 1 is 0.808 bits per heavy atom. The average Bonchev–Trinajstić information content (AvgIpc) is 2.63. The van der Waals surface area contributed by atoms with Crippen LogP contribution in [0, 0.1) is 0 Å². The lowest BCUT2D eigenvalue weighted by molar-refractivity contribution is -0.175. The van der Waals surface area contributed by atoms with Crippen molar-refractivity contribution in [2.75, 3.05) is 19.8 Å². The molecule has 0 fully saturated rings. The van der Waals surface area contributed by atoms with Gasteiger partial charge in [-0.2, -0.15) is 0 Å². The summed E-state index contributed by atoms with van der Waals surface area (Å²) in [5.74, 6) is -3.21. The maximum atomic E-state index is 12.8.